The highest BCUT2D eigenvalue weighted by atomic mass is 16.2. The van der Waals surface area contributed by atoms with Gasteiger partial charge in [0.15, 0.2) is 0 Å². The van der Waals surface area contributed by atoms with Crippen LogP contribution in [-0.4, -0.2) is 17.3 Å². The lowest BCUT2D eigenvalue weighted by Crippen LogP contribution is -2.29. The molecule has 1 unspecified atom stereocenters. The number of carbonyl (C=O) groups excluding carboxylic acids is 3. The third kappa shape index (κ3) is 3.31. The summed E-state index contributed by atoms with van der Waals surface area (Å²) in [5.41, 5.74) is 1.01. The van der Waals surface area contributed by atoms with E-state index in [9.17, 15) is 14.4 Å². The standard InChI is InChI=1S/C18H16O3/c1-2-15(13-9-5-3-6-10-13)17(20)18(21)16(19)14-11-7-4-8-12-14/h3-12,15H,2H2,1H3. The number of Topliss-reactive ketones (excluding diaryl/α,β-unsaturated/α-hetero) is 3. The fraction of sp³-hybridized carbons (Fsp3) is 0.167. The van der Waals surface area contributed by atoms with E-state index in [0.717, 1.165) is 5.56 Å². The Morgan fingerprint density at radius 3 is 1.90 bits per heavy atom. The zero-order chi connectivity index (χ0) is 15.2. The molecule has 2 aromatic rings. The topological polar surface area (TPSA) is 51.2 Å². The van der Waals surface area contributed by atoms with Crippen LogP contribution in [0, 0.1) is 0 Å². The van der Waals surface area contributed by atoms with Gasteiger partial charge in [0.1, 0.15) is 0 Å². The van der Waals surface area contributed by atoms with Gasteiger partial charge in [-0.25, -0.2) is 0 Å². The van der Waals surface area contributed by atoms with Crippen LogP contribution in [0.4, 0.5) is 0 Å². The fourth-order valence-electron chi connectivity index (χ4n) is 2.25. The van der Waals surface area contributed by atoms with Crippen molar-refractivity contribution in [1.82, 2.24) is 0 Å². The first-order chi connectivity index (χ1) is 10.1. The SMILES string of the molecule is CCC(C(=O)C(=O)C(=O)c1ccccc1)c1ccccc1. The zero-order valence-electron chi connectivity index (χ0n) is 11.8. The molecule has 0 amide bonds. The van der Waals surface area contributed by atoms with Crippen LogP contribution >= 0.6 is 0 Å². The van der Waals surface area contributed by atoms with E-state index in [2.05, 4.69) is 0 Å². The Labute approximate surface area is 123 Å². The highest BCUT2D eigenvalue weighted by Gasteiger charge is 2.30. The molecule has 0 spiro atoms. The smallest absolute Gasteiger partial charge is 0.269 e. The van der Waals surface area contributed by atoms with Crippen LogP contribution in [-0.2, 0) is 9.59 Å². The van der Waals surface area contributed by atoms with Crippen LogP contribution < -0.4 is 0 Å². The molecule has 1 atom stereocenters. The third-order valence-corrected chi connectivity index (χ3v) is 3.39. The average molecular weight is 280 g/mol. The van der Waals surface area contributed by atoms with Crippen molar-refractivity contribution in [2.45, 2.75) is 19.3 Å². The van der Waals surface area contributed by atoms with Gasteiger partial charge in [0.05, 0.1) is 5.92 Å². The summed E-state index contributed by atoms with van der Waals surface area (Å²) >= 11 is 0. The molecule has 0 aromatic heterocycles. The lowest BCUT2D eigenvalue weighted by Gasteiger charge is -2.12. The minimum absolute atomic E-state index is 0.249. The summed E-state index contributed by atoms with van der Waals surface area (Å²) in [6.07, 6.45) is 0.483. The first-order valence-corrected chi connectivity index (χ1v) is 6.88. The molecule has 0 fully saturated rings. The molecule has 0 aliphatic heterocycles. The van der Waals surface area contributed by atoms with Gasteiger partial charge in [-0.1, -0.05) is 67.6 Å². The maximum Gasteiger partial charge on any atom is 0.269 e. The molecule has 0 aliphatic carbocycles. The molecular formula is C18H16O3. The van der Waals surface area contributed by atoms with Gasteiger partial charge in [0, 0.05) is 5.56 Å². The van der Waals surface area contributed by atoms with Crippen LogP contribution in [0.1, 0.15) is 35.2 Å². The molecule has 21 heavy (non-hydrogen) atoms. The number of hydrogen-bond acceptors (Lipinski definition) is 3. The van der Waals surface area contributed by atoms with E-state index in [0.29, 0.717) is 6.42 Å². The van der Waals surface area contributed by atoms with Gasteiger partial charge in [-0.15, -0.1) is 0 Å². The number of ketones is 3. The molecule has 3 heteroatoms. The Morgan fingerprint density at radius 1 is 0.857 bits per heavy atom. The van der Waals surface area contributed by atoms with Crippen molar-refractivity contribution in [3.63, 3.8) is 0 Å². The van der Waals surface area contributed by atoms with Crippen molar-refractivity contribution in [2.75, 3.05) is 0 Å². The van der Waals surface area contributed by atoms with E-state index >= 15 is 0 Å². The largest absolute Gasteiger partial charge is 0.290 e. The second-order valence-electron chi connectivity index (χ2n) is 4.76. The van der Waals surface area contributed by atoms with E-state index in [-0.39, 0.29) is 5.56 Å². The summed E-state index contributed by atoms with van der Waals surface area (Å²) in [6.45, 7) is 1.83. The van der Waals surface area contributed by atoms with Gasteiger partial charge in [-0.05, 0) is 12.0 Å². The van der Waals surface area contributed by atoms with Crippen molar-refractivity contribution in [2.24, 2.45) is 0 Å². The van der Waals surface area contributed by atoms with Crippen LogP contribution in [0.2, 0.25) is 0 Å². The molecule has 2 aromatic carbocycles. The molecular weight excluding hydrogens is 264 g/mol. The summed E-state index contributed by atoms with van der Waals surface area (Å²) in [7, 11) is 0. The first-order valence-electron chi connectivity index (χ1n) is 6.88. The zero-order valence-corrected chi connectivity index (χ0v) is 11.8. The Balaban J connectivity index is 2.22. The van der Waals surface area contributed by atoms with Gasteiger partial charge in [-0.2, -0.15) is 0 Å². The lowest BCUT2D eigenvalue weighted by atomic mass is 9.88. The molecule has 0 bridgehead atoms. The normalized spacial score (nSPS) is 11.7. The Hall–Kier alpha value is -2.55. The molecule has 0 N–H and O–H groups in total. The third-order valence-electron chi connectivity index (χ3n) is 3.39. The van der Waals surface area contributed by atoms with E-state index < -0.39 is 23.3 Å². The number of benzene rings is 2. The number of rotatable bonds is 6. The van der Waals surface area contributed by atoms with Crippen LogP contribution in [0.3, 0.4) is 0 Å². The highest BCUT2D eigenvalue weighted by Crippen LogP contribution is 2.21. The molecule has 0 radical (unpaired) electrons. The number of carbonyl (C=O) groups is 3. The van der Waals surface area contributed by atoms with Crippen molar-refractivity contribution in [1.29, 1.82) is 0 Å². The molecule has 0 saturated carbocycles. The monoisotopic (exact) mass is 280 g/mol. The van der Waals surface area contributed by atoms with Crippen LogP contribution in [0.5, 0.6) is 0 Å². The summed E-state index contributed by atoms with van der Waals surface area (Å²) in [5.74, 6) is -2.89. The molecule has 0 saturated heterocycles. The summed E-state index contributed by atoms with van der Waals surface area (Å²) in [6, 6.07) is 17.2. The first kappa shape index (κ1) is 14.9. The van der Waals surface area contributed by atoms with Crippen LogP contribution in [0.15, 0.2) is 60.7 Å². The predicted molar refractivity (Wildman–Crippen MR) is 80.3 cm³/mol. The molecule has 106 valence electrons. The van der Waals surface area contributed by atoms with Gasteiger partial charge < -0.3 is 0 Å². The van der Waals surface area contributed by atoms with Gasteiger partial charge >= 0.3 is 0 Å². The predicted octanol–water partition coefficient (Wildman–Crippen LogP) is 3.20. The van der Waals surface area contributed by atoms with Gasteiger partial charge in [0.25, 0.3) is 5.78 Å². The second kappa shape index (κ2) is 6.75. The van der Waals surface area contributed by atoms with Crippen molar-refractivity contribution in [3.8, 4) is 0 Å². The fourth-order valence-corrected chi connectivity index (χ4v) is 2.25. The molecule has 2 rings (SSSR count). The lowest BCUT2D eigenvalue weighted by molar-refractivity contribution is -0.134. The average Bonchev–Trinajstić information content (AvgIpc) is 2.56. The highest BCUT2D eigenvalue weighted by molar-refractivity contribution is 6.67. The van der Waals surface area contributed by atoms with Crippen LogP contribution in [0.25, 0.3) is 0 Å². The van der Waals surface area contributed by atoms with Gasteiger partial charge in [0.2, 0.25) is 11.6 Å². The van der Waals surface area contributed by atoms with E-state index in [4.69, 9.17) is 0 Å². The maximum atomic E-state index is 12.3. The molecule has 3 nitrogen and oxygen atoms in total. The summed E-state index contributed by atoms with van der Waals surface area (Å²) in [4.78, 5) is 36.5. The van der Waals surface area contributed by atoms with E-state index in [1.54, 1.807) is 30.3 Å². The molecule has 0 heterocycles. The van der Waals surface area contributed by atoms with E-state index in [1.807, 2.05) is 25.1 Å². The minimum atomic E-state index is -0.947. The van der Waals surface area contributed by atoms with Gasteiger partial charge in [-0.3, -0.25) is 14.4 Å². The van der Waals surface area contributed by atoms with Crippen molar-refractivity contribution in [3.05, 3.63) is 71.8 Å². The quantitative estimate of drug-likeness (QED) is 0.464. The number of hydrogen-bond donors (Lipinski definition) is 0. The summed E-state index contributed by atoms with van der Waals surface area (Å²) in [5, 5.41) is 0. The molecule has 0 aliphatic rings. The second-order valence-corrected chi connectivity index (χ2v) is 4.76. The van der Waals surface area contributed by atoms with Crippen molar-refractivity contribution >= 4 is 17.3 Å². The Kier molecular flexibility index (Phi) is 4.77. The van der Waals surface area contributed by atoms with E-state index in [1.165, 1.54) is 12.1 Å². The Morgan fingerprint density at radius 2 is 1.38 bits per heavy atom. The maximum absolute atomic E-state index is 12.3. The summed E-state index contributed by atoms with van der Waals surface area (Å²) < 4.78 is 0. The Bertz CT molecular complexity index is 645. The van der Waals surface area contributed by atoms with Crippen molar-refractivity contribution < 1.29 is 14.4 Å². The minimum Gasteiger partial charge on any atom is -0.290 e.